The number of benzene rings is 3. The number of halogens is 1. The number of anilines is 1. The third-order valence-corrected chi connectivity index (χ3v) is 6.58. The van der Waals surface area contributed by atoms with Gasteiger partial charge in [-0.15, -0.1) is 0 Å². The molecule has 4 aromatic rings. The van der Waals surface area contributed by atoms with Crippen LogP contribution in [0, 0.1) is 19.7 Å². The summed E-state index contributed by atoms with van der Waals surface area (Å²) < 4.78 is 46.4. The van der Waals surface area contributed by atoms with E-state index in [9.17, 15) is 22.4 Å². The number of rotatable bonds is 5. The van der Waals surface area contributed by atoms with Gasteiger partial charge in [0.15, 0.2) is 5.76 Å². The van der Waals surface area contributed by atoms with Gasteiger partial charge in [0.2, 0.25) is 0 Å². The summed E-state index contributed by atoms with van der Waals surface area (Å²) in [6, 6.07) is 16.0. The monoisotopic (exact) mass is 481 g/mol. The Morgan fingerprint density at radius 3 is 2.26 bits per heavy atom. The Bertz CT molecular complexity index is 1510. The summed E-state index contributed by atoms with van der Waals surface area (Å²) in [4.78, 5) is 25.1. The fourth-order valence-corrected chi connectivity index (χ4v) is 4.46. The first-order valence-electron chi connectivity index (χ1n) is 10.1. The number of carbonyl (C=O) groups excluding carboxylic acids is 2. The maximum absolute atomic E-state index is 13.1. The fourth-order valence-electron chi connectivity index (χ4n) is 3.37. The predicted octanol–water partition coefficient (Wildman–Crippen LogP) is 4.06. The first kappa shape index (κ1) is 23.0. The summed E-state index contributed by atoms with van der Waals surface area (Å²) >= 11 is 0. The molecule has 0 saturated heterocycles. The molecule has 4 rings (SSSR count). The van der Waals surface area contributed by atoms with Crippen LogP contribution in [-0.4, -0.2) is 20.2 Å². The molecule has 0 unspecified atom stereocenters. The molecule has 0 bridgehead atoms. The Balaban J connectivity index is 1.50. The number of amides is 2. The number of hydrogen-bond acceptors (Lipinski definition) is 5. The van der Waals surface area contributed by atoms with Crippen LogP contribution in [0.1, 0.15) is 32.0 Å². The Labute approximate surface area is 194 Å². The van der Waals surface area contributed by atoms with Gasteiger partial charge in [-0.25, -0.2) is 12.8 Å². The van der Waals surface area contributed by atoms with Gasteiger partial charge in [0.1, 0.15) is 11.4 Å². The van der Waals surface area contributed by atoms with Gasteiger partial charge in [0.25, 0.3) is 15.9 Å². The Hall–Kier alpha value is -4.18. The van der Waals surface area contributed by atoms with Crippen molar-refractivity contribution in [1.29, 1.82) is 0 Å². The van der Waals surface area contributed by atoms with Crippen molar-refractivity contribution < 1.29 is 26.8 Å². The zero-order valence-corrected chi connectivity index (χ0v) is 19.0. The highest BCUT2D eigenvalue weighted by molar-refractivity contribution is 7.92. The Morgan fingerprint density at radius 1 is 0.882 bits per heavy atom. The number of para-hydroxylation sites is 1. The molecule has 0 radical (unpaired) electrons. The zero-order valence-electron chi connectivity index (χ0n) is 18.2. The van der Waals surface area contributed by atoms with Crippen LogP contribution >= 0.6 is 0 Å². The first-order chi connectivity index (χ1) is 16.2. The number of aryl methyl sites for hydroxylation is 2. The topological polar surface area (TPSA) is 118 Å². The van der Waals surface area contributed by atoms with Crippen LogP contribution in [0.5, 0.6) is 0 Å². The first-order valence-corrected chi connectivity index (χ1v) is 11.6. The zero-order chi connectivity index (χ0) is 24.5. The maximum Gasteiger partial charge on any atom is 0.305 e. The van der Waals surface area contributed by atoms with Crippen molar-refractivity contribution in [3.63, 3.8) is 0 Å². The van der Waals surface area contributed by atoms with Crippen molar-refractivity contribution in [2.24, 2.45) is 0 Å². The van der Waals surface area contributed by atoms with Crippen molar-refractivity contribution >= 4 is 38.5 Å². The summed E-state index contributed by atoms with van der Waals surface area (Å²) in [7, 11) is -4.05. The summed E-state index contributed by atoms with van der Waals surface area (Å²) in [6.07, 6.45) is 0. The smallest absolute Gasteiger partial charge is 0.305 e. The van der Waals surface area contributed by atoms with E-state index in [0.717, 1.165) is 17.5 Å². The number of nitrogens with one attached hydrogen (secondary N) is 3. The summed E-state index contributed by atoms with van der Waals surface area (Å²) in [6.45, 7) is 3.36. The highest BCUT2D eigenvalue weighted by Crippen LogP contribution is 2.25. The molecule has 0 atom stereocenters. The minimum absolute atomic E-state index is 0.0450. The lowest BCUT2D eigenvalue weighted by Crippen LogP contribution is -2.42. The van der Waals surface area contributed by atoms with Crippen molar-refractivity contribution in [3.05, 3.63) is 95.0 Å². The van der Waals surface area contributed by atoms with E-state index in [0.29, 0.717) is 16.7 Å². The van der Waals surface area contributed by atoms with Gasteiger partial charge >= 0.3 is 5.91 Å². The van der Waals surface area contributed by atoms with Gasteiger partial charge in [0.05, 0.1) is 4.90 Å². The van der Waals surface area contributed by atoms with E-state index < -0.39 is 27.7 Å². The summed E-state index contributed by atoms with van der Waals surface area (Å²) in [5.74, 6) is -1.81. The number of sulfonamides is 1. The predicted molar refractivity (Wildman–Crippen MR) is 124 cm³/mol. The molecule has 0 fully saturated rings. The van der Waals surface area contributed by atoms with E-state index in [4.69, 9.17) is 4.42 Å². The van der Waals surface area contributed by atoms with Crippen LogP contribution in [0.3, 0.4) is 0 Å². The minimum atomic E-state index is -4.05. The van der Waals surface area contributed by atoms with Crippen LogP contribution in [0.2, 0.25) is 0 Å². The van der Waals surface area contributed by atoms with E-state index in [1.165, 1.54) is 30.3 Å². The molecule has 1 heterocycles. The molecular weight excluding hydrogens is 461 g/mol. The Morgan fingerprint density at radius 2 is 1.56 bits per heavy atom. The summed E-state index contributed by atoms with van der Waals surface area (Å²) in [5, 5.41) is 0.779. The molecule has 174 valence electrons. The molecule has 0 aliphatic carbocycles. The van der Waals surface area contributed by atoms with Gasteiger partial charge < -0.3 is 4.42 Å². The highest BCUT2D eigenvalue weighted by atomic mass is 32.2. The van der Waals surface area contributed by atoms with E-state index in [1.54, 1.807) is 26.0 Å². The molecule has 3 N–H and O–H groups in total. The van der Waals surface area contributed by atoms with Crippen molar-refractivity contribution in [2.45, 2.75) is 18.7 Å². The Kier molecular flexibility index (Phi) is 6.08. The lowest BCUT2D eigenvalue weighted by molar-refractivity contribution is 0.0831. The average Bonchev–Trinajstić information content (AvgIpc) is 3.15. The summed E-state index contributed by atoms with van der Waals surface area (Å²) in [5.41, 5.74) is 6.46. The lowest BCUT2D eigenvalue weighted by atomic mass is 10.1. The molecule has 1 aromatic heterocycles. The quantitative estimate of drug-likeness (QED) is 0.372. The molecule has 8 nitrogen and oxygen atoms in total. The minimum Gasteiger partial charge on any atom is -0.451 e. The van der Waals surface area contributed by atoms with Crippen LogP contribution in [0.25, 0.3) is 11.0 Å². The second-order valence-electron chi connectivity index (χ2n) is 7.55. The van der Waals surface area contributed by atoms with E-state index in [2.05, 4.69) is 15.6 Å². The standard InChI is InChI=1S/C24H20FN3O5S/c1-14-7-12-18(34(31,32)28-17-10-8-16(25)9-11-17)13-20(14)23(29)26-27-24(30)22-15(2)19-5-3-4-6-21(19)33-22/h3-13,28H,1-2H3,(H,26,29)(H,27,30). The van der Waals surface area contributed by atoms with Crippen molar-refractivity contribution in [3.8, 4) is 0 Å². The van der Waals surface area contributed by atoms with Gasteiger partial charge in [0, 0.05) is 22.2 Å². The highest BCUT2D eigenvalue weighted by Gasteiger charge is 2.21. The second-order valence-corrected chi connectivity index (χ2v) is 9.23. The molecule has 2 amide bonds. The van der Waals surface area contributed by atoms with E-state index in [-0.39, 0.29) is 21.9 Å². The lowest BCUT2D eigenvalue weighted by Gasteiger charge is -2.12. The molecule has 0 spiro atoms. The average molecular weight is 482 g/mol. The molecule has 0 aliphatic heterocycles. The van der Waals surface area contributed by atoms with Gasteiger partial charge in [-0.1, -0.05) is 24.3 Å². The van der Waals surface area contributed by atoms with Gasteiger partial charge in [-0.05, 0) is 61.9 Å². The fraction of sp³-hybridized carbons (Fsp3) is 0.0833. The van der Waals surface area contributed by atoms with Gasteiger partial charge in [-0.2, -0.15) is 0 Å². The molecule has 10 heteroatoms. The second kappa shape index (κ2) is 8.99. The number of furan rings is 1. The molecule has 0 saturated carbocycles. The molecule has 34 heavy (non-hydrogen) atoms. The normalized spacial score (nSPS) is 11.3. The van der Waals surface area contributed by atoms with Crippen LogP contribution in [-0.2, 0) is 10.0 Å². The van der Waals surface area contributed by atoms with Crippen molar-refractivity contribution in [2.75, 3.05) is 4.72 Å². The largest absolute Gasteiger partial charge is 0.451 e. The SMILES string of the molecule is Cc1ccc(S(=O)(=O)Nc2ccc(F)cc2)cc1C(=O)NNC(=O)c1oc2ccccc2c1C. The number of carbonyl (C=O) groups is 2. The van der Waals surface area contributed by atoms with Crippen LogP contribution in [0.4, 0.5) is 10.1 Å². The van der Waals surface area contributed by atoms with Crippen LogP contribution in [0.15, 0.2) is 76.0 Å². The third-order valence-electron chi connectivity index (χ3n) is 5.20. The molecule has 3 aromatic carbocycles. The molecular formula is C24H20FN3O5S. The van der Waals surface area contributed by atoms with E-state index in [1.807, 2.05) is 12.1 Å². The van der Waals surface area contributed by atoms with Gasteiger partial charge in [-0.3, -0.25) is 25.2 Å². The van der Waals surface area contributed by atoms with Crippen molar-refractivity contribution in [1.82, 2.24) is 10.9 Å². The number of hydrazine groups is 1. The molecule has 0 aliphatic rings. The number of hydrogen-bond donors (Lipinski definition) is 3. The third kappa shape index (κ3) is 4.62. The van der Waals surface area contributed by atoms with E-state index >= 15 is 0 Å². The maximum atomic E-state index is 13.1. The van der Waals surface area contributed by atoms with Crippen LogP contribution < -0.4 is 15.6 Å². The number of fused-ring (bicyclic) bond motifs is 1.